The Morgan fingerprint density at radius 1 is 1.12 bits per heavy atom. The molecule has 4 amide bonds. The first-order valence-electron chi connectivity index (χ1n) is 6.79. The van der Waals surface area contributed by atoms with Crippen molar-refractivity contribution in [1.82, 2.24) is 10.6 Å². The van der Waals surface area contributed by atoms with E-state index >= 15 is 0 Å². The number of carbonyl (C=O) groups is 4. The number of imide groups is 1. The molecule has 9 nitrogen and oxygen atoms in total. The fourth-order valence-corrected chi connectivity index (χ4v) is 1.43. The number of ether oxygens (including phenoxy) is 2. The number of urea groups is 1. The third-order valence-electron chi connectivity index (χ3n) is 2.47. The lowest BCUT2D eigenvalue weighted by Crippen LogP contribution is -2.41. The van der Waals surface area contributed by atoms with Gasteiger partial charge in [-0.05, 0) is 24.3 Å². The molecule has 4 N–H and O–H groups in total. The molecule has 0 fully saturated rings. The van der Waals surface area contributed by atoms with Crippen LogP contribution in [0.25, 0.3) is 0 Å². The third kappa shape index (κ3) is 7.07. The predicted octanol–water partition coefficient (Wildman–Crippen LogP) is -0.281. The van der Waals surface area contributed by atoms with Crippen LogP contribution in [-0.4, -0.2) is 43.6 Å². The third-order valence-corrected chi connectivity index (χ3v) is 2.47. The second-order valence-corrected chi connectivity index (χ2v) is 4.40. The number of nitrogens with one attached hydrogen (secondary N) is 2. The monoisotopic (exact) mass is 335 g/mol. The molecule has 0 saturated carbocycles. The summed E-state index contributed by atoms with van der Waals surface area (Å²) in [7, 11) is 0. The van der Waals surface area contributed by atoms with Crippen molar-refractivity contribution in [3.63, 3.8) is 0 Å². The van der Waals surface area contributed by atoms with Gasteiger partial charge in [0.25, 0.3) is 11.8 Å². The molecule has 128 valence electrons. The average Bonchev–Trinajstić information content (AvgIpc) is 2.56. The zero-order valence-corrected chi connectivity index (χ0v) is 12.7. The van der Waals surface area contributed by atoms with Crippen molar-refractivity contribution in [2.75, 3.05) is 19.8 Å². The first-order valence-corrected chi connectivity index (χ1v) is 6.79. The minimum Gasteiger partial charge on any atom is -0.484 e. The van der Waals surface area contributed by atoms with Crippen molar-refractivity contribution in [3.8, 4) is 5.75 Å². The normalized spacial score (nSPS) is 9.50. The number of primary amides is 1. The van der Waals surface area contributed by atoms with Crippen LogP contribution < -0.4 is 21.1 Å². The highest BCUT2D eigenvalue weighted by Crippen LogP contribution is 2.12. The molecule has 1 rings (SSSR count). The van der Waals surface area contributed by atoms with Gasteiger partial charge in [0.1, 0.15) is 5.75 Å². The van der Waals surface area contributed by atoms with Crippen LogP contribution in [0, 0.1) is 0 Å². The lowest BCUT2D eigenvalue weighted by atomic mass is 10.2. The summed E-state index contributed by atoms with van der Waals surface area (Å²) in [5.41, 5.74) is 5.11. The SMILES string of the molecule is C=CCNC(=O)NC(=O)COC(=O)c1ccc(OCC(N)=O)cc1. The molecule has 0 radical (unpaired) electrons. The zero-order chi connectivity index (χ0) is 17.9. The highest BCUT2D eigenvalue weighted by molar-refractivity contribution is 5.97. The molecule has 0 aromatic heterocycles. The highest BCUT2D eigenvalue weighted by Gasteiger charge is 2.12. The number of nitrogens with two attached hydrogens (primary N) is 1. The van der Waals surface area contributed by atoms with Gasteiger partial charge >= 0.3 is 12.0 Å². The molecular weight excluding hydrogens is 318 g/mol. The van der Waals surface area contributed by atoms with E-state index in [0.717, 1.165) is 0 Å². The molecule has 24 heavy (non-hydrogen) atoms. The molecule has 0 aliphatic carbocycles. The van der Waals surface area contributed by atoms with Crippen LogP contribution in [0.3, 0.4) is 0 Å². The van der Waals surface area contributed by atoms with Crippen LogP contribution in [0.1, 0.15) is 10.4 Å². The summed E-state index contributed by atoms with van der Waals surface area (Å²) in [6.07, 6.45) is 1.45. The van der Waals surface area contributed by atoms with Gasteiger partial charge in [-0.15, -0.1) is 6.58 Å². The molecule has 0 atom stereocenters. The lowest BCUT2D eigenvalue weighted by molar-refractivity contribution is -0.123. The molecule has 1 aromatic carbocycles. The van der Waals surface area contributed by atoms with Crippen LogP contribution >= 0.6 is 0 Å². The molecule has 1 aromatic rings. The number of rotatable bonds is 8. The molecule has 0 aliphatic heterocycles. The lowest BCUT2D eigenvalue weighted by Gasteiger charge is -2.07. The topological polar surface area (TPSA) is 137 Å². The molecular formula is C15H17N3O6. The minimum atomic E-state index is -0.772. The maximum Gasteiger partial charge on any atom is 0.338 e. The quantitative estimate of drug-likeness (QED) is 0.441. The first kappa shape index (κ1) is 18.7. The fraction of sp³-hybridized carbons (Fsp3) is 0.200. The molecule has 0 heterocycles. The summed E-state index contributed by atoms with van der Waals surface area (Å²) >= 11 is 0. The van der Waals surface area contributed by atoms with E-state index in [4.69, 9.17) is 15.2 Å². The molecule has 9 heteroatoms. The van der Waals surface area contributed by atoms with Crippen molar-refractivity contribution in [1.29, 1.82) is 0 Å². The highest BCUT2D eigenvalue weighted by atomic mass is 16.5. The molecule has 0 unspecified atom stereocenters. The van der Waals surface area contributed by atoms with E-state index in [1.54, 1.807) is 0 Å². The number of carbonyl (C=O) groups excluding carboxylic acids is 4. The Morgan fingerprint density at radius 3 is 2.38 bits per heavy atom. The number of hydrogen-bond donors (Lipinski definition) is 3. The van der Waals surface area contributed by atoms with Gasteiger partial charge in [-0.25, -0.2) is 9.59 Å². The van der Waals surface area contributed by atoms with Crippen molar-refractivity contribution in [2.24, 2.45) is 5.73 Å². The van der Waals surface area contributed by atoms with Gasteiger partial charge in [0.05, 0.1) is 5.56 Å². The van der Waals surface area contributed by atoms with Gasteiger partial charge in [-0.1, -0.05) is 6.08 Å². The predicted molar refractivity (Wildman–Crippen MR) is 83.2 cm³/mol. The van der Waals surface area contributed by atoms with Crippen LogP contribution in [0.4, 0.5) is 4.79 Å². The second kappa shape index (κ2) is 9.62. The Hall–Kier alpha value is -3.36. The maximum atomic E-state index is 11.8. The minimum absolute atomic E-state index is 0.172. The van der Waals surface area contributed by atoms with Crippen molar-refractivity contribution in [3.05, 3.63) is 42.5 Å². The standard InChI is InChI=1S/C15H17N3O6/c1-2-7-17-15(22)18-13(20)9-24-14(21)10-3-5-11(6-4-10)23-8-12(16)19/h2-6H,1,7-9H2,(H2,16,19)(H2,17,18,20,22). The molecule has 0 bridgehead atoms. The van der Waals surface area contributed by atoms with Crippen LogP contribution in [0.2, 0.25) is 0 Å². The summed E-state index contributed by atoms with van der Waals surface area (Å²) in [5.74, 6) is -1.80. The summed E-state index contributed by atoms with van der Waals surface area (Å²) in [6.45, 7) is 2.71. The van der Waals surface area contributed by atoms with E-state index in [2.05, 4.69) is 11.9 Å². The van der Waals surface area contributed by atoms with Crippen LogP contribution in [-0.2, 0) is 14.3 Å². The number of benzene rings is 1. The summed E-state index contributed by atoms with van der Waals surface area (Å²) < 4.78 is 9.80. The van der Waals surface area contributed by atoms with Gasteiger partial charge in [-0.3, -0.25) is 14.9 Å². The Balaban J connectivity index is 2.41. The molecule has 0 spiro atoms. The van der Waals surface area contributed by atoms with Gasteiger partial charge < -0.3 is 20.5 Å². The molecule has 0 aliphatic rings. The van der Waals surface area contributed by atoms with Gasteiger partial charge in [0, 0.05) is 6.54 Å². The zero-order valence-electron chi connectivity index (χ0n) is 12.7. The van der Waals surface area contributed by atoms with Crippen LogP contribution in [0.15, 0.2) is 36.9 Å². The Morgan fingerprint density at radius 2 is 1.79 bits per heavy atom. The number of amides is 4. The van der Waals surface area contributed by atoms with E-state index in [0.29, 0.717) is 5.75 Å². The summed E-state index contributed by atoms with van der Waals surface area (Å²) in [4.78, 5) is 44.9. The first-order chi connectivity index (χ1) is 11.4. The van der Waals surface area contributed by atoms with Gasteiger partial charge in [0.2, 0.25) is 0 Å². The van der Waals surface area contributed by atoms with E-state index in [9.17, 15) is 19.2 Å². The smallest absolute Gasteiger partial charge is 0.338 e. The second-order valence-electron chi connectivity index (χ2n) is 4.40. The van der Waals surface area contributed by atoms with Gasteiger partial charge in [0.15, 0.2) is 13.2 Å². The van der Waals surface area contributed by atoms with Crippen LogP contribution in [0.5, 0.6) is 5.75 Å². The van der Waals surface area contributed by atoms with E-state index < -0.39 is 30.4 Å². The van der Waals surface area contributed by atoms with Crippen molar-refractivity contribution < 1.29 is 28.7 Å². The van der Waals surface area contributed by atoms with E-state index in [1.807, 2.05) is 5.32 Å². The maximum absolute atomic E-state index is 11.8. The van der Waals surface area contributed by atoms with E-state index in [-0.39, 0.29) is 18.7 Å². The number of hydrogen-bond acceptors (Lipinski definition) is 6. The summed E-state index contributed by atoms with van der Waals surface area (Å²) in [5, 5.41) is 4.31. The van der Waals surface area contributed by atoms with Crippen molar-refractivity contribution in [2.45, 2.75) is 0 Å². The largest absolute Gasteiger partial charge is 0.484 e. The van der Waals surface area contributed by atoms with Crippen molar-refractivity contribution >= 4 is 23.8 Å². The Bertz CT molecular complexity index is 627. The fourth-order valence-electron chi connectivity index (χ4n) is 1.43. The average molecular weight is 335 g/mol. The Kier molecular flexibility index (Phi) is 7.49. The van der Waals surface area contributed by atoms with E-state index in [1.165, 1.54) is 30.3 Å². The Labute approximate surface area is 137 Å². The number of esters is 1. The molecule has 0 saturated heterocycles. The summed E-state index contributed by atoms with van der Waals surface area (Å²) in [6, 6.07) is 4.97. The van der Waals surface area contributed by atoms with Gasteiger partial charge in [-0.2, -0.15) is 0 Å².